The van der Waals surface area contributed by atoms with Crippen LogP contribution in [0.25, 0.3) is 10.2 Å². The molecule has 4 rings (SSSR count). The van der Waals surface area contributed by atoms with Gasteiger partial charge >= 0.3 is 0 Å². The quantitative estimate of drug-likeness (QED) is 0.528. The third-order valence-electron chi connectivity index (χ3n) is 5.52. The maximum atomic E-state index is 13.4. The van der Waals surface area contributed by atoms with Crippen LogP contribution in [0.4, 0.5) is 5.13 Å². The zero-order chi connectivity index (χ0) is 20.5. The summed E-state index contributed by atoms with van der Waals surface area (Å²) in [5.41, 5.74) is 5.22. The molecule has 0 aliphatic carbocycles. The first kappa shape index (κ1) is 20.3. The summed E-state index contributed by atoms with van der Waals surface area (Å²) in [7, 11) is 0. The van der Waals surface area contributed by atoms with Crippen molar-refractivity contribution in [1.29, 1.82) is 0 Å². The van der Waals surface area contributed by atoms with Crippen LogP contribution in [0.5, 0.6) is 0 Å². The van der Waals surface area contributed by atoms with E-state index in [1.54, 1.807) is 0 Å². The molecule has 6 heteroatoms. The molecule has 0 N–H and O–H groups in total. The van der Waals surface area contributed by atoms with Crippen LogP contribution in [0.3, 0.4) is 0 Å². The fourth-order valence-electron chi connectivity index (χ4n) is 3.79. The molecule has 1 unspecified atom stereocenters. The van der Waals surface area contributed by atoms with Gasteiger partial charge in [-0.1, -0.05) is 46.7 Å². The predicted molar refractivity (Wildman–Crippen MR) is 120 cm³/mol. The third kappa shape index (κ3) is 4.32. The number of carbonyl (C=O) groups excluding carboxylic acids is 1. The van der Waals surface area contributed by atoms with Crippen molar-refractivity contribution in [3.63, 3.8) is 0 Å². The minimum absolute atomic E-state index is 0.0512. The van der Waals surface area contributed by atoms with E-state index in [-0.39, 0.29) is 12.0 Å². The summed E-state index contributed by atoms with van der Waals surface area (Å²) in [6, 6.07) is 10.1. The first-order chi connectivity index (χ1) is 13.9. The van der Waals surface area contributed by atoms with Crippen LogP contribution in [-0.2, 0) is 16.0 Å². The molecule has 4 nitrogen and oxygen atoms in total. The van der Waals surface area contributed by atoms with Crippen LogP contribution < -0.4 is 4.90 Å². The Morgan fingerprint density at radius 3 is 2.83 bits per heavy atom. The molecular formula is C23H25ClN2O2S. The van der Waals surface area contributed by atoms with Crippen LogP contribution in [-0.4, -0.2) is 30.1 Å². The number of carbonyl (C=O) groups is 1. The minimum Gasteiger partial charge on any atom is -0.376 e. The molecule has 152 valence electrons. The molecule has 0 saturated carbocycles. The van der Waals surface area contributed by atoms with Crippen molar-refractivity contribution in [1.82, 2.24) is 4.98 Å². The number of nitrogens with zero attached hydrogens (tertiary/aromatic N) is 2. The van der Waals surface area contributed by atoms with Gasteiger partial charge in [-0.15, -0.1) is 0 Å². The topological polar surface area (TPSA) is 42.4 Å². The van der Waals surface area contributed by atoms with Gasteiger partial charge in [0.15, 0.2) is 5.13 Å². The summed E-state index contributed by atoms with van der Waals surface area (Å²) in [6.07, 6.45) is 2.44. The van der Waals surface area contributed by atoms with Crippen molar-refractivity contribution in [2.24, 2.45) is 0 Å². The van der Waals surface area contributed by atoms with E-state index in [4.69, 9.17) is 21.3 Å². The fraction of sp³-hybridized carbons (Fsp3) is 0.391. The lowest BCUT2D eigenvalue weighted by Crippen LogP contribution is -2.38. The molecule has 3 aromatic rings. The number of aryl methyl sites for hydroxylation is 3. The smallest absolute Gasteiger partial charge is 0.233 e. The van der Waals surface area contributed by atoms with Gasteiger partial charge in [-0.2, -0.15) is 0 Å². The van der Waals surface area contributed by atoms with Crippen LogP contribution in [0.2, 0.25) is 5.02 Å². The molecule has 1 saturated heterocycles. The first-order valence-corrected chi connectivity index (χ1v) is 11.2. The Balaban J connectivity index is 1.67. The number of ether oxygens (including phenoxy) is 1. The Bertz CT molecular complexity index is 1060. The Morgan fingerprint density at radius 1 is 1.28 bits per heavy atom. The summed E-state index contributed by atoms with van der Waals surface area (Å²) in [5, 5.41) is 1.41. The van der Waals surface area contributed by atoms with Crippen molar-refractivity contribution in [3.05, 3.63) is 57.6 Å². The number of hydrogen-bond acceptors (Lipinski definition) is 4. The number of rotatable bonds is 5. The maximum Gasteiger partial charge on any atom is 0.233 e. The average Bonchev–Trinajstić information content (AvgIpc) is 3.35. The van der Waals surface area contributed by atoms with E-state index in [2.05, 4.69) is 32.0 Å². The second-order valence-corrected chi connectivity index (χ2v) is 9.18. The van der Waals surface area contributed by atoms with E-state index in [1.807, 2.05) is 24.0 Å². The van der Waals surface area contributed by atoms with Gasteiger partial charge in [-0.25, -0.2) is 4.98 Å². The number of aromatic nitrogens is 1. The summed E-state index contributed by atoms with van der Waals surface area (Å²) in [5.74, 6) is 0.0512. The lowest BCUT2D eigenvalue weighted by atomic mass is 10.0. The second-order valence-electron chi connectivity index (χ2n) is 7.76. The number of thiazole rings is 1. The maximum absolute atomic E-state index is 13.4. The van der Waals surface area contributed by atoms with Gasteiger partial charge in [-0.05, 0) is 62.4 Å². The predicted octanol–water partition coefficient (Wildman–Crippen LogP) is 5.63. The van der Waals surface area contributed by atoms with Crippen LogP contribution >= 0.6 is 22.9 Å². The minimum atomic E-state index is 0.0512. The van der Waals surface area contributed by atoms with Crippen molar-refractivity contribution < 1.29 is 9.53 Å². The number of anilines is 1. The van der Waals surface area contributed by atoms with Crippen molar-refractivity contribution in [2.45, 2.75) is 46.1 Å². The van der Waals surface area contributed by atoms with Gasteiger partial charge in [0, 0.05) is 11.6 Å². The molecule has 1 atom stereocenters. The molecule has 0 spiro atoms. The Kier molecular flexibility index (Phi) is 5.91. The Labute approximate surface area is 180 Å². The summed E-state index contributed by atoms with van der Waals surface area (Å²) >= 11 is 7.82. The number of halogens is 1. The second kappa shape index (κ2) is 8.42. The summed E-state index contributed by atoms with van der Waals surface area (Å²) in [4.78, 5) is 20.0. The highest BCUT2D eigenvalue weighted by Gasteiger charge is 2.27. The molecule has 1 aliphatic rings. The monoisotopic (exact) mass is 428 g/mol. The average molecular weight is 429 g/mol. The van der Waals surface area contributed by atoms with Crippen molar-refractivity contribution in [3.8, 4) is 0 Å². The molecule has 2 aromatic carbocycles. The normalized spacial score (nSPS) is 16.5. The molecule has 1 aromatic heterocycles. The first-order valence-electron chi connectivity index (χ1n) is 9.96. The van der Waals surface area contributed by atoms with Gasteiger partial charge < -0.3 is 4.74 Å². The molecule has 1 fully saturated rings. The van der Waals surface area contributed by atoms with Gasteiger partial charge in [-0.3, -0.25) is 9.69 Å². The lowest BCUT2D eigenvalue weighted by molar-refractivity contribution is -0.118. The number of fused-ring (bicyclic) bond motifs is 1. The zero-order valence-corrected chi connectivity index (χ0v) is 18.6. The molecule has 2 heterocycles. The van der Waals surface area contributed by atoms with Gasteiger partial charge in [0.05, 0.1) is 29.3 Å². The third-order valence-corrected chi connectivity index (χ3v) is 6.97. The number of hydrogen-bond donors (Lipinski definition) is 0. The molecule has 1 amide bonds. The van der Waals surface area contributed by atoms with E-state index in [0.717, 1.165) is 51.5 Å². The van der Waals surface area contributed by atoms with E-state index >= 15 is 0 Å². The van der Waals surface area contributed by atoms with Crippen LogP contribution in [0, 0.1) is 20.8 Å². The Hall–Kier alpha value is -1.95. The lowest BCUT2D eigenvalue weighted by Gasteiger charge is -2.23. The Morgan fingerprint density at radius 2 is 2.10 bits per heavy atom. The number of benzene rings is 2. The zero-order valence-electron chi connectivity index (χ0n) is 17.0. The largest absolute Gasteiger partial charge is 0.376 e. The van der Waals surface area contributed by atoms with Crippen molar-refractivity contribution >= 4 is 44.2 Å². The van der Waals surface area contributed by atoms with E-state index in [1.165, 1.54) is 16.9 Å². The fourth-order valence-corrected chi connectivity index (χ4v) is 4.99. The highest BCUT2D eigenvalue weighted by Crippen LogP contribution is 2.34. The van der Waals surface area contributed by atoms with E-state index in [0.29, 0.717) is 18.0 Å². The van der Waals surface area contributed by atoms with Crippen LogP contribution in [0.1, 0.15) is 35.1 Å². The summed E-state index contributed by atoms with van der Waals surface area (Å²) in [6.45, 7) is 7.39. The van der Waals surface area contributed by atoms with E-state index < -0.39 is 0 Å². The van der Waals surface area contributed by atoms with E-state index in [9.17, 15) is 4.79 Å². The van der Waals surface area contributed by atoms with Crippen molar-refractivity contribution in [2.75, 3.05) is 18.1 Å². The molecular weight excluding hydrogens is 404 g/mol. The van der Waals surface area contributed by atoms with Gasteiger partial charge in [0.2, 0.25) is 5.91 Å². The highest BCUT2D eigenvalue weighted by atomic mass is 35.5. The summed E-state index contributed by atoms with van der Waals surface area (Å²) < 4.78 is 6.86. The van der Waals surface area contributed by atoms with Crippen LogP contribution in [0.15, 0.2) is 30.3 Å². The molecule has 1 aliphatic heterocycles. The number of amides is 1. The molecule has 29 heavy (non-hydrogen) atoms. The van der Waals surface area contributed by atoms with Gasteiger partial charge in [0.25, 0.3) is 0 Å². The SMILES string of the molecule is Cc1ccc(CC(=O)N(CC2CCCO2)c2nc3c(C)c(Cl)ccc3s2)c(C)c1. The molecule has 0 radical (unpaired) electrons. The van der Waals surface area contributed by atoms with Gasteiger partial charge in [0.1, 0.15) is 0 Å². The highest BCUT2D eigenvalue weighted by molar-refractivity contribution is 7.22. The standard InChI is InChI=1S/C23H25ClN2O2S/c1-14-6-7-17(15(2)11-14)12-21(27)26(13-18-5-4-10-28-18)23-25-22-16(3)19(24)8-9-20(22)29-23/h6-9,11,18H,4-5,10,12-13H2,1-3H3. The molecule has 0 bridgehead atoms.